The number of hydrogen-bond acceptors (Lipinski definition) is 3. The number of nitrogens with zero attached hydrogens (tertiary/aromatic N) is 4. The second-order valence-electron chi connectivity index (χ2n) is 7.09. The van der Waals surface area contributed by atoms with Crippen LogP contribution in [0.3, 0.4) is 0 Å². The summed E-state index contributed by atoms with van der Waals surface area (Å²) < 4.78 is 15.6. The van der Waals surface area contributed by atoms with Crippen molar-refractivity contribution in [1.82, 2.24) is 19.7 Å². The minimum absolute atomic E-state index is 0.0915. The summed E-state index contributed by atoms with van der Waals surface area (Å²) >= 11 is 0. The first kappa shape index (κ1) is 16.2. The predicted molar refractivity (Wildman–Crippen MR) is 91.5 cm³/mol. The molecular weight excluding hydrogens is 319 g/mol. The Labute approximate surface area is 146 Å². The number of carbonyl (C=O) groups is 1. The van der Waals surface area contributed by atoms with Gasteiger partial charge in [-0.25, -0.2) is 4.39 Å². The summed E-state index contributed by atoms with van der Waals surface area (Å²) in [6, 6.07) is 6.71. The van der Waals surface area contributed by atoms with Crippen molar-refractivity contribution in [2.24, 2.45) is 0 Å². The largest absolute Gasteiger partial charge is 0.334 e. The molecule has 2 aliphatic rings. The Hall–Kier alpha value is -2.24. The summed E-state index contributed by atoms with van der Waals surface area (Å²) in [4.78, 5) is 15.0. The fourth-order valence-electron chi connectivity index (χ4n) is 4.23. The normalized spacial score (nSPS) is 21.9. The molecule has 0 spiro atoms. The van der Waals surface area contributed by atoms with Gasteiger partial charge in [0.05, 0.1) is 12.5 Å². The molecular formula is C19H23FN4O. The minimum Gasteiger partial charge on any atom is -0.334 e. The molecule has 1 fully saturated rings. The zero-order valence-electron chi connectivity index (χ0n) is 14.5. The average molecular weight is 342 g/mol. The monoisotopic (exact) mass is 342 g/mol. The summed E-state index contributed by atoms with van der Waals surface area (Å²) in [6.45, 7) is 2.92. The number of amides is 1. The molecule has 1 aromatic heterocycles. The third-order valence-corrected chi connectivity index (χ3v) is 5.34. The molecule has 5 nitrogen and oxygen atoms in total. The molecule has 0 aliphatic carbocycles. The van der Waals surface area contributed by atoms with Crippen molar-refractivity contribution >= 4 is 5.91 Å². The molecule has 2 atom stereocenters. The fourth-order valence-corrected chi connectivity index (χ4v) is 4.23. The van der Waals surface area contributed by atoms with E-state index < -0.39 is 0 Å². The van der Waals surface area contributed by atoms with E-state index in [2.05, 4.69) is 21.7 Å². The SMILES string of the molecule is CCCc1nnc2n1C[C@H]1CC[C@@H](C2)N1C(=O)Cc1cccc(F)c1. The van der Waals surface area contributed by atoms with Gasteiger partial charge in [-0.2, -0.15) is 0 Å². The van der Waals surface area contributed by atoms with Crippen molar-refractivity contribution in [1.29, 1.82) is 0 Å². The van der Waals surface area contributed by atoms with Crippen molar-refractivity contribution in [3.05, 3.63) is 47.3 Å². The predicted octanol–water partition coefficient (Wildman–Crippen LogP) is 2.53. The Balaban J connectivity index is 1.55. The molecule has 0 radical (unpaired) electrons. The van der Waals surface area contributed by atoms with Gasteiger partial charge in [0, 0.05) is 25.4 Å². The Bertz CT molecular complexity index is 787. The number of hydrogen-bond donors (Lipinski definition) is 0. The van der Waals surface area contributed by atoms with Crippen LogP contribution in [0.4, 0.5) is 4.39 Å². The Kier molecular flexibility index (Phi) is 4.27. The molecule has 2 aliphatic heterocycles. The van der Waals surface area contributed by atoms with E-state index in [-0.39, 0.29) is 30.2 Å². The van der Waals surface area contributed by atoms with Gasteiger partial charge in [0.15, 0.2) is 0 Å². The molecule has 1 amide bonds. The van der Waals surface area contributed by atoms with Crippen LogP contribution in [0.1, 0.15) is 43.4 Å². The van der Waals surface area contributed by atoms with E-state index in [0.717, 1.165) is 55.9 Å². The average Bonchev–Trinajstić information content (AvgIpc) is 3.08. The van der Waals surface area contributed by atoms with Crippen molar-refractivity contribution in [3.63, 3.8) is 0 Å². The third kappa shape index (κ3) is 3.05. The van der Waals surface area contributed by atoms with Gasteiger partial charge in [-0.15, -0.1) is 10.2 Å². The second-order valence-corrected chi connectivity index (χ2v) is 7.09. The van der Waals surface area contributed by atoms with Gasteiger partial charge in [0.25, 0.3) is 0 Å². The molecule has 2 aromatic rings. The Morgan fingerprint density at radius 1 is 1.28 bits per heavy atom. The van der Waals surface area contributed by atoms with Crippen LogP contribution < -0.4 is 0 Å². The van der Waals surface area contributed by atoms with E-state index in [0.29, 0.717) is 0 Å². The molecule has 1 saturated heterocycles. The number of halogens is 1. The van der Waals surface area contributed by atoms with Crippen LogP contribution in [0.2, 0.25) is 0 Å². The molecule has 0 saturated carbocycles. The van der Waals surface area contributed by atoms with Gasteiger partial charge in [0.1, 0.15) is 17.5 Å². The van der Waals surface area contributed by atoms with Crippen LogP contribution in [-0.4, -0.2) is 37.7 Å². The fraction of sp³-hybridized carbons (Fsp3) is 0.526. The van der Waals surface area contributed by atoms with Gasteiger partial charge < -0.3 is 9.47 Å². The maximum absolute atomic E-state index is 13.4. The van der Waals surface area contributed by atoms with Gasteiger partial charge in [-0.1, -0.05) is 19.1 Å². The van der Waals surface area contributed by atoms with E-state index in [1.807, 2.05) is 11.0 Å². The van der Waals surface area contributed by atoms with Crippen LogP contribution >= 0.6 is 0 Å². The maximum Gasteiger partial charge on any atom is 0.227 e. The Morgan fingerprint density at radius 3 is 2.92 bits per heavy atom. The first-order chi connectivity index (χ1) is 12.2. The molecule has 2 bridgehead atoms. The first-order valence-electron chi connectivity index (χ1n) is 9.12. The maximum atomic E-state index is 13.4. The quantitative estimate of drug-likeness (QED) is 0.858. The lowest BCUT2D eigenvalue weighted by Gasteiger charge is -2.28. The molecule has 3 heterocycles. The lowest BCUT2D eigenvalue weighted by atomic mass is 10.1. The van der Waals surface area contributed by atoms with Crippen molar-refractivity contribution in [3.8, 4) is 0 Å². The van der Waals surface area contributed by atoms with Crippen LogP contribution in [0, 0.1) is 5.82 Å². The van der Waals surface area contributed by atoms with Gasteiger partial charge >= 0.3 is 0 Å². The lowest BCUT2D eigenvalue weighted by Crippen LogP contribution is -2.43. The second kappa shape index (κ2) is 6.58. The molecule has 1 aromatic carbocycles. The number of rotatable bonds is 4. The molecule has 25 heavy (non-hydrogen) atoms. The van der Waals surface area contributed by atoms with E-state index in [4.69, 9.17) is 0 Å². The van der Waals surface area contributed by atoms with E-state index in [1.54, 1.807) is 6.07 Å². The zero-order valence-corrected chi connectivity index (χ0v) is 14.5. The highest BCUT2D eigenvalue weighted by atomic mass is 19.1. The molecule has 6 heteroatoms. The van der Waals surface area contributed by atoms with Crippen molar-refractivity contribution in [2.45, 2.75) is 64.1 Å². The summed E-state index contributed by atoms with van der Waals surface area (Å²) in [6.07, 6.45) is 5.00. The van der Waals surface area contributed by atoms with E-state index >= 15 is 0 Å². The van der Waals surface area contributed by atoms with Crippen LogP contribution in [0.15, 0.2) is 24.3 Å². The van der Waals surface area contributed by atoms with Crippen molar-refractivity contribution < 1.29 is 9.18 Å². The highest BCUT2D eigenvalue weighted by Crippen LogP contribution is 2.32. The van der Waals surface area contributed by atoms with Crippen LogP contribution in [0.5, 0.6) is 0 Å². The first-order valence-corrected chi connectivity index (χ1v) is 9.12. The molecule has 132 valence electrons. The zero-order chi connectivity index (χ0) is 17.4. The summed E-state index contributed by atoms with van der Waals surface area (Å²) in [5.41, 5.74) is 0.736. The molecule has 0 N–H and O–H groups in total. The van der Waals surface area contributed by atoms with Gasteiger partial charge in [0.2, 0.25) is 5.91 Å². The van der Waals surface area contributed by atoms with Gasteiger partial charge in [-0.3, -0.25) is 4.79 Å². The van der Waals surface area contributed by atoms with E-state index in [1.165, 1.54) is 12.1 Å². The summed E-state index contributed by atoms with van der Waals surface area (Å²) in [5, 5.41) is 8.71. The standard InChI is InChI=1S/C19H23FN4O/c1-2-4-17-21-22-18-11-15-7-8-16(12-23(17)18)24(15)19(25)10-13-5-3-6-14(20)9-13/h3,5-6,9,15-16H,2,4,7-8,10-12H2,1H3/t15-,16+/m0/s1. The number of fused-ring (bicyclic) bond motifs is 3. The smallest absolute Gasteiger partial charge is 0.227 e. The Morgan fingerprint density at radius 2 is 2.12 bits per heavy atom. The topological polar surface area (TPSA) is 51.0 Å². The summed E-state index contributed by atoms with van der Waals surface area (Å²) in [5.74, 6) is 1.83. The number of aromatic nitrogens is 3. The molecule has 4 rings (SSSR count). The molecule has 0 unspecified atom stereocenters. The number of carbonyl (C=O) groups excluding carboxylic acids is 1. The number of aryl methyl sites for hydroxylation is 1. The third-order valence-electron chi connectivity index (χ3n) is 5.34. The van der Waals surface area contributed by atoms with Crippen LogP contribution in [-0.2, 0) is 30.6 Å². The lowest BCUT2D eigenvalue weighted by molar-refractivity contribution is -0.133. The van der Waals surface area contributed by atoms with Crippen LogP contribution in [0.25, 0.3) is 0 Å². The highest BCUT2D eigenvalue weighted by Gasteiger charge is 2.40. The van der Waals surface area contributed by atoms with E-state index in [9.17, 15) is 9.18 Å². The van der Waals surface area contributed by atoms with Crippen molar-refractivity contribution in [2.75, 3.05) is 0 Å². The van der Waals surface area contributed by atoms with Gasteiger partial charge in [-0.05, 0) is 37.0 Å². The minimum atomic E-state index is -0.292. The highest BCUT2D eigenvalue weighted by molar-refractivity contribution is 5.79. The summed E-state index contributed by atoms with van der Waals surface area (Å²) in [7, 11) is 0. The number of benzene rings is 1.